The Bertz CT molecular complexity index is 543. The van der Waals surface area contributed by atoms with Crippen molar-refractivity contribution < 1.29 is 19.5 Å². The number of nitrogens with one attached hydrogen (secondary N) is 3. The number of hydrogen-bond acceptors (Lipinski definition) is 3. The molecular formula is C14H19N3O4. The molecule has 1 aromatic rings. The fraction of sp³-hybridized carbons (Fsp3) is 0.357. The largest absolute Gasteiger partial charge is 0.478 e. The van der Waals surface area contributed by atoms with Crippen LogP contribution in [0.1, 0.15) is 29.3 Å². The highest BCUT2D eigenvalue weighted by molar-refractivity contribution is 5.94. The van der Waals surface area contributed by atoms with Crippen LogP contribution in [0.25, 0.3) is 0 Å². The Morgan fingerprint density at radius 1 is 1.19 bits per heavy atom. The molecule has 1 aromatic carbocycles. The van der Waals surface area contributed by atoms with Crippen molar-refractivity contribution in [1.82, 2.24) is 10.6 Å². The smallest absolute Gasteiger partial charge is 0.335 e. The van der Waals surface area contributed by atoms with Crippen molar-refractivity contribution in [3.05, 3.63) is 29.3 Å². The molecule has 0 spiro atoms. The molecule has 0 aliphatic carbocycles. The Hall–Kier alpha value is -2.57. The van der Waals surface area contributed by atoms with Crippen LogP contribution in [0, 0.1) is 6.92 Å². The summed E-state index contributed by atoms with van der Waals surface area (Å²) in [5.41, 5.74) is 1.27. The van der Waals surface area contributed by atoms with Crippen LogP contribution < -0.4 is 16.0 Å². The van der Waals surface area contributed by atoms with Crippen molar-refractivity contribution >= 4 is 23.6 Å². The van der Waals surface area contributed by atoms with Crippen molar-refractivity contribution in [3.8, 4) is 0 Å². The highest BCUT2D eigenvalue weighted by Crippen LogP contribution is 2.16. The van der Waals surface area contributed by atoms with E-state index < -0.39 is 12.0 Å². The van der Waals surface area contributed by atoms with E-state index in [1.807, 2.05) is 6.92 Å². The average molecular weight is 293 g/mol. The summed E-state index contributed by atoms with van der Waals surface area (Å²) >= 11 is 0. The molecule has 0 fully saturated rings. The first-order chi connectivity index (χ1) is 9.93. The van der Waals surface area contributed by atoms with E-state index in [2.05, 4.69) is 16.0 Å². The number of carboxylic acid groups (broad SMARTS) is 1. The molecule has 0 atom stereocenters. The van der Waals surface area contributed by atoms with Gasteiger partial charge in [0.05, 0.1) is 5.56 Å². The number of carbonyl (C=O) groups excluding carboxylic acids is 2. The van der Waals surface area contributed by atoms with Crippen molar-refractivity contribution in [3.63, 3.8) is 0 Å². The molecule has 0 aliphatic heterocycles. The second-order valence-electron chi connectivity index (χ2n) is 4.42. The van der Waals surface area contributed by atoms with Crippen molar-refractivity contribution in [1.29, 1.82) is 0 Å². The quantitative estimate of drug-likeness (QED) is 0.634. The maximum atomic E-state index is 11.7. The lowest BCUT2D eigenvalue weighted by Gasteiger charge is -2.10. The summed E-state index contributed by atoms with van der Waals surface area (Å²) < 4.78 is 0. The van der Waals surface area contributed by atoms with Crippen molar-refractivity contribution in [2.24, 2.45) is 0 Å². The molecule has 7 nitrogen and oxygen atoms in total. The van der Waals surface area contributed by atoms with Gasteiger partial charge in [-0.1, -0.05) is 6.07 Å². The minimum atomic E-state index is -1.06. The number of carboxylic acids is 1. The van der Waals surface area contributed by atoms with Crippen molar-refractivity contribution in [2.45, 2.75) is 20.3 Å². The number of urea groups is 1. The van der Waals surface area contributed by atoms with E-state index in [4.69, 9.17) is 5.11 Å². The van der Waals surface area contributed by atoms with Crippen LogP contribution >= 0.6 is 0 Å². The average Bonchev–Trinajstić information content (AvgIpc) is 2.41. The zero-order chi connectivity index (χ0) is 15.8. The first-order valence-corrected chi connectivity index (χ1v) is 6.59. The molecule has 0 unspecified atom stereocenters. The number of aromatic carboxylic acids is 1. The third-order valence-electron chi connectivity index (χ3n) is 2.74. The van der Waals surface area contributed by atoms with E-state index in [1.54, 1.807) is 13.0 Å². The van der Waals surface area contributed by atoms with E-state index in [0.717, 1.165) is 5.56 Å². The van der Waals surface area contributed by atoms with Crippen LogP contribution in [0.15, 0.2) is 18.2 Å². The van der Waals surface area contributed by atoms with Gasteiger partial charge in [-0.25, -0.2) is 9.59 Å². The topological polar surface area (TPSA) is 108 Å². The molecular weight excluding hydrogens is 274 g/mol. The van der Waals surface area contributed by atoms with Crippen LogP contribution in [0.3, 0.4) is 0 Å². The minimum Gasteiger partial charge on any atom is -0.478 e. The maximum absolute atomic E-state index is 11.7. The molecule has 0 saturated carbocycles. The van der Waals surface area contributed by atoms with E-state index in [0.29, 0.717) is 12.2 Å². The Balaban J connectivity index is 2.53. The standard InChI is InChI=1S/C14H19N3O4/c1-3-15-12(18)6-7-16-14(21)17-11-8-10(13(19)20)5-4-9(11)2/h4-5,8H,3,6-7H2,1-2H3,(H,15,18)(H,19,20)(H2,16,17,21). The monoisotopic (exact) mass is 293 g/mol. The molecule has 0 bridgehead atoms. The van der Waals surface area contributed by atoms with E-state index >= 15 is 0 Å². The zero-order valence-electron chi connectivity index (χ0n) is 12.0. The van der Waals surface area contributed by atoms with Crippen LogP contribution in [0.5, 0.6) is 0 Å². The number of hydrogen-bond donors (Lipinski definition) is 4. The second kappa shape index (κ2) is 7.88. The lowest BCUT2D eigenvalue weighted by Crippen LogP contribution is -2.33. The molecule has 0 heterocycles. The zero-order valence-corrected chi connectivity index (χ0v) is 12.0. The third-order valence-corrected chi connectivity index (χ3v) is 2.74. The van der Waals surface area contributed by atoms with Gasteiger partial charge in [-0.05, 0) is 31.5 Å². The molecule has 0 aliphatic rings. The first kappa shape index (κ1) is 16.5. The van der Waals surface area contributed by atoms with Gasteiger partial charge in [0.1, 0.15) is 0 Å². The summed E-state index contributed by atoms with van der Waals surface area (Å²) in [4.78, 5) is 33.8. The fourth-order valence-electron chi connectivity index (χ4n) is 1.63. The van der Waals surface area contributed by atoms with Gasteiger partial charge in [-0.2, -0.15) is 0 Å². The predicted octanol–water partition coefficient (Wildman–Crippen LogP) is 1.34. The predicted molar refractivity (Wildman–Crippen MR) is 78.5 cm³/mol. The molecule has 0 radical (unpaired) electrons. The number of rotatable bonds is 6. The molecule has 21 heavy (non-hydrogen) atoms. The molecule has 4 N–H and O–H groups in total. The first-order valence-electron chi connectivity index (χ1n) is 6.59. The van der Waals surface area contributed by atoms with Crippen molar-refractivity contribution in [2.75, 3.05) is 18.4 Å². The van der Waals surface area contributed by atoms with Gasteiger partial charge in [0.2, 0.25) is 5.91 Å². The van der Waals surface area contributed by atoms with Crippen LogP contribution in [0.4, 0.5) is 10.5 Å². The van der Waals surface area contributed by atoms with Gasteiger partial charge in [0.25, 0.3) is 0 Å². The number of carbonyl (C=O) groups is 3. The lowest BCUT2D eigenvalue weighted by molar-refractivity contribution is -0.120. The summed E-state index contributed by atoms with van der Waals surface area (Å²) in [6.45, 7) is 4.33. The number of benzene rings is 1. The highest BCUT2D eigenvalue weighted by atomic mass is 16.4. The van der Waals surface area contributed by atoms with Crippen LogP contribution in [0.2, 0.25) is 0 Å². The van der Waals surface area contributed by atoms with Gasteiger partial charge >= 0.3 is 12.0 Å². The summed E-state index contributed by atoms with van der Waals surface area (Å²) in [6.07, 6.45) is 0.190. The Morgan fingerprint density at radius 3 is 2.52 bits per heavy atom. The molecule has 3 amide bonds. The van der Waals surface area contributed by atoms with Gasteiger partial charge in [0, 0.05) is 25.2 Å². The summed E-state index contributed by atoms with van der Waals surface area (Å²) in [6, 6.07) is 4.00. The van der Waals surface area contributed by atoms with Crippen LogP contribution in [-0.4, -0.2) is 36.1 Å². The van der Waals surface area contributed by atoms with E-state index in [-0.39, 0.29) is 24.4 Å². The second-order valence-corrected chi connectivity index (χ2v) is 4.42. The normalized spacial score (nSPS) is 9.81. The number of amides is 3. The molecule has 1 rings (SSSR count). The maximum Gasteiger partial charge on any atom is 0.335 e. The molecule has 0 saturated heterocycles. The van der Waals surface area contributed by atoms with Gasteiger partial charge in [-0.3, -0.25) is 4.79 Å². The molecule has 0 aromatic heterocycles. The van der Waals surface area contributed by atoms with Gasteiger partial charge < -0.3 is 21.1 Å². The van der Waals surface area contributed by atoms with Crippen LogP contribution in [-0.2, 0) is 4.79 Å². The summed E-state index contributed by atoms with van der Waals surface area (Å²) in [5, 5.41) is 16.6. The fourth-order valence-corrected chi connectivity index (χ4v) is 1.63. The minimum absolute atomic E-state index is 0.0956. The lowest BCUT2D eigenvalue weighted by atomic mass is 10.1. The van der Waals surface area contributed by atoms with E-state index in [1.165, 1.54) is 12.1 Å². The van der Waals surface area contributed by atoms with E-state index in [9.17, 15) is 14.4 Å². The summed E-state index contributed by atoms with van der Waals surface area (Å²) in [5.74, 6) is -1.20. The summed E-state index contributed by atoms with van der Waals surface area (Å²) in [7, 11) is 0. The number of aryl methyl sites for hydroxylation is 1. The Morgan fingerprint density at radius 2 is 1.90 bits per heavy atom. The van der Waals surface area contributed by atoms with Gasteiger partial charge in [0.15, 0.2) is 0 Å². The third kappa shape index (κ3) is 5.52. The Labute approximate surface area is 122 Å². The number of anilines is 1. The Kier molecular flexibility index (Phi) is 6.19. The SMILES string of the molecule is CCNC(=O)CCNC(=O)Nc1cc(C(=O)O)ccc1C. The highest BCUT2D eigenvalue weighted by Gasteiger charge is 2.09. The molecule has 7 heteroatoms. The van der Waals surface area contributed by atoms with Gasteiger partial charge in [-0.15, -0.1) is 0 Å². The molecule has 114 valence electrons.